The normalized spacial score (nSPS) is 31.5. The van der Waals surface area contributed by atoms with Crippen LogP contribution in [0.25, 0.3) is 0 Å². The third kappa shape index (κ3) is 3.12. The van der Waals surface area contributed by atoms with Crippen LogP contribution in [0.15, 0.2) is 24.3 Å². The molecule has 0 aromatic heterocycles. The molecule has 1 aromatic carbocycles. The van der Waals surface area contributed by atoms with E-state index in [2.05, 4.69) is 5.32 Å². The quantitative estimate of drug-likeness (QED) is 0.374. The van der Waals surface area contributed by atoms with Gasteiger partial charge in [-0.25, -0.2) is 13.2 Å². The summed E-state index contributed by atoms with van der Waals surface area (Å²) in [7, 11) is -3.98. The van der Waals surface area contributed by atoms with E-state index in [1.807, 2.05) is 0 Å². The largest absolute Gasteiger partial charge is 0.508 e. The minimum absolute atomic E-state index is 0.0189. The van der Waals surface area contributed by atoms with Gasteiger partial charge < -0.3 is 26.4 Å². The number of phenolic OH excluding ortho intramolecular Hbond substituents is 1. The first kappa shape index (κ1) is 19.1. The molecule has 1 aliphatic carbocycles. The first-order valence-electron chi connectivity index (χ1n) is 8.03. The molecular formula is C16H18N2O8S. The van der Waals surface area contributed by atoms with Crippen molar-refractivity contribution in [1.82, 2.24) is 5.32 Å². The molecule has 11 heteroatoms. The van der Waals surface area contributed by atoms with Crippen molar-refractivity contribution in [1.29, 1.82) is 0 Å². The number of nitrogens with one attached hydrogen (secondary N) is 1. The first-order chi connectivity index (χ1) is 12.5. The van der Waals surface area contributed by atoms with Crippen LogP contribution in [-0.2, 0) is 30.6 Å². The minimum Gasteiger partial charge on any atom is -0.508 e. The minimum atomic E-state index is -3.98. The summed E-state index contributed by atoms with van der Waals surface area (Å²) in [6, 6.07) is 4.68. The van der Waals surface area contributed by atoms with E-state index < -0.39 is 62.1 Å². The van der Waals surface area contributed by atoms with Crippen molar-refractivity contribution in [3.8, 4) is 5.75 Å². The number of carbonyl (C=O) groups is 3. The van der Waals surface area contributed by atoms with Gasteiger partial charge in [0.2, 0.25) is 5.91 Å². The zero-order valence-electron chi connectivity index (χ0n) is 13.9. The Balaban J connectivity index is 1.80. The highest BCUT2D eigenvalue weighted by Gasteiger charge is 2.79. The molecule has 1 aliphatic heterocycles. The zero-order chi connectivity index (χ0) is 20.1. The number of nitrogens with two attached hydrogens (primary N) is 1. The molecule has 0 spiro atoms. The second-order valence-electron chi connectivity index (χ2n) is 6.90. The van der Waals surface area contributed by atoms with E-state index in [0.717, 1.165) is 0 Å². The lowest BCUT2D eigenvalue weighted by Crippen LogP contribution is -2.62. The Kier molecular flexibility index (Phi) is 4.39. The SMILES string of the molecule is N[C@@H](Cc1ccc(O)cc1)C(=O)N[C@@]1(C(=O)O)CS(=O)(=O)[C@H]2[C@H](C(=O)O)[C@H]21. The third-order valence-corrected chi connectivity index (χ3v) is 7.38. The number of hydrogen-bond acceptors (Lipinski definition) is 7. The molecule has 10 nitrogen and oxygen atoms in total. The fraction of sp³-hybridized carbons (Fsp3) is 0.438. The van der Waals surface area contributed by atoms with Gasteiger partial charge in [0, 0.05) is 5.92 Å². The highest BCUT2D eigenvalue weighted by atomic mass is 32.2. The summed E-state index contributed by atoms with van der Waals surface area (Å²) in [5.74, 6) is -7.36. The summed E-state index contributed by atoms with van der Waals surface area (Å²) >= 11 is 0. The Morgan fingerprint density at radius 2 is 1.81 bits per heavy atom. The second kappa shape index (κ2) is 6.20. The molecule has 1 aromatic rings. The predicted molar refractivity (Wildman–Crippen MR) is 90.5 cm³/mol. The second-order valence-corrected chi connectivity index (χ2v) is 9.06. The molecule has 2 fully saturated rings. The first-order valence-corrected chi connectivity index (χ1v) is 9.74. The Labute approximate surface area is 153 Å². The molecule has 1 heterocycles. The summed E-state index contributed by atoms with van der Waals surface area (Å²) in [6.45, 7) is 0. The number of rotatable bonds is 6. The molecule has 5 atom stereocenters. The summed E-state index contributed by atoms with van der Waals surface area (Å²) in [5, 5.41) is 28.9. The lowest BCUT2D eigenvalue weighted by molar-refractivity contribution is -0.148. The monoisotopic (exact) mass is 398 g/mol. The Morgan fingerprint density at radius 3 is 2.30 bits per heavy atom. The maximum absolute atomic E-state index is 12.4. The Hall–Kier alpha value is -2.66. The molecule has 1 saturated carbocycles. The van der Waals surface area contributed by atoms with Crippen molar-refractivity contribution in [3.05, 3.63) is 29.8 Å². The molecule has 2 aliphatic rings. The fourth-order valence-electron chi connectivity index (χ4n) is 3.79. The fourth-order valence-corrected chi connectivity index (χ4v) is 6.49. The van der Waals surface area contributed by atoms with E-state index in [-0.39, 0.29) is 12.2 Å². The number of sulfone groups is 1. The van der Waals surface area contributed by atoms with Crippen molar-refractivity contribution in [2.75, 3.05) is 5.75 Å². The molecule has 27 heavy (non-hydrogen) atoms. The summed E-state index contributed by atoms with van der Waals surface area (Å²) in [4.78, 5) is 35.5. The van der Waals surface area contributed by atoms with E-state index in [1.54, 1.807) is 0 Å². The maximum Gasteiger partial charge on any atom is 0.330 e. The predicted octanol–water partition coefficient (Wildman–Crippen LogP) is -1.67. The van der Waals surface area contributed by atoms with Gasteiger partial charge >= 0.3 is 11.9 Å². The van der Waals surface area contributed by atoms with Gasteiger partial charge in [-0.3, -0.25) is 9.59 Å². The van der Waals surface area contributed by atoms with Crippen LogP contribution in [0.3, 0.4) is 0 Å². The van der Waals surface area contributed by atoms with E-state index in [9.17, 15) is 33.0 Å². The van der Waals surface area contributed by atoms with Gasteiger partial charge in [0.15, 0.2) is 15.4 Å². The molecule has 1 saturated heterocycles. The van der Waals surface area contributed by atoms with Gasteiger partial charge in [-0.15, -0.1) is 0 Å². The molecule has 0 bridgehead atoms. The maximum atomic E-state index is 12.4. The lowest BCUT2D eigenvalue weighted by atomic mass is 9.93. The van der Waals surface area contributed by atoms with Crippen LogP contribution >= 0.6 is 0 Å². The van der Waals surface area contributed by atoms with Crippen LogP contribution in [0.1, 0.15) is 5.56 Å². The van der Waals surface area contributed by atoms with Crippen molar-refractivity contribution >= 4 is 27.7 Å². The van der Waals surface area contributed by atoms with Crippen molar-refractivity contribution in [3.63, 3.8) is 0 Å². The topological polar surface area (TPSA) is 184 Å². The highest BCUT2D eigenvalue weighted by Crippen LogP contribution is 2.57. The molecule has 0 unspecified atom stereocenters. The number of amides is 1. The Bertz CT molecular complexity index is 913. The van der Waals surface area contributed by atoms with Crippen LogP contribution < -0.4 is 11.1 Å². The van der Waals surface area contributed by atoms with Crippen LogP contribution in [0, 0.1) is 11.8 Å². The lowest BCUT2D eigenvalue weighted by Gasteiger charge is -2.29. The summed E-state index contributed by atoms with van der Waals surface area (Å²) < 4.78 is 24.4. The molecule has 146 valence electrons. The number of carboxylic acid groups (broad SMARTS) is 2. The van der Waals surface area contributed by atoms with E-state index >= 15 is 0 Å². The molecular weight excluding hydrogens is 380 g/mol. The number of carbonyl (C=O) groups excluding carboxylic acids is 1. The number of hydrogen-bond donors (Lipinski definition) is 5. The standard InChI is InChI=1S/C16H18N2O8S/c17-9(5-7-1-3-8(19)4-2-7)13(20)18-16(15(23)24)6-27(25,26)12-10(11(12)16)14(21)22/h1-4,9-12,19H,5-6,17H2,(H,18,20)(H,21,22)(H,23,24)/t9-,10+,11+,12-,16-/m0/s1. The smallest absolute Gasteiger partial charge is 0.330 e. The number of benzene rings is 1. The van der Waals surface area contributed by atoms with Gasteiger partial charge in [0.25, 0.3) is 0 Å². The molecule has 0 radical (unpaired) electrons. The van der Waals surface area contributed by atoms with E-state index in [0.29, 0.717) is 5.56 Å². The number of aromatic hydroxyl groups is 1. The molecule has 3 rings (SSSR count). The number of carboxylic acids is 2. The van der Waals surface area contributed by atoms with Crippen LogP contribution in [0.4, 0.5) is 0 Å². The number of aliphatic carboxylic acids is 2. The van der Waals surface area contributed by atoms with Gasteiger partial charge in [-0.2, -0.15) is 0 Å². The third-order valence-electron chi connectivity index (χ3n) is 5.11. The van der Waals surface area contributed by atoms with Crippen LogP contribution in [0.5, 0.6) is 5.75 Å². The van der Waals surface area contributed by atoms with Gasteiger partial charge in [0.1, 0.15) is 5.75 Å². The van der Waals surface area contributed by atoms with Gasteiger partial charge in [0.05, 0.1) is 23.0 Å². The van der Waals surface area contributed by atoms with Crippen molar-refractivity contribution in [2.45, 2.75) is 23.3 Å². The average molecular weight is 398 g/mol. The molecule has 1 amide bonds. The van der Waals surface area contributed by atoms with E-state index in [4.69, 9.17) is 10.8 Å². The zero-order valence-corrected chi connectivity index (χ0v) is 14.7. The average Bonchev–Trinajstić information content (AvgIpc) is 3.28. The number of phenols is 1. The van der Waals surface area contributed by atoms with Crippen molar-refractivity contribution in [2.24, 2.45) is 17.6 Å². The Morgan fingerprint density at radius 1 is 1.22 bits per heavy atom. The summed E-state index contributed by atoms with van der Waals surface area (Å²) in [5.41, 5.74) is 4.20. The van der Waals surface area contributed by atoms with Gasteiger partial charge in [-0.05, 0) is 24.1 Å². The highest BCUT2D eigenvalue weighted by molar-refractivity contribution is 7.92. The summed E-state index contributed by atoms with van der Waals surface area (Å²) in [6.07, 6.45) is 0.0189. The van der Waals surface area contributed by atoms with E-state index in [1.165, 1.54) is 24.3 Å². The molecule has 6 N–H and O–H groups in total. The van der Waals surface area contributed by atoms with Crippen LogP contribution in [-0.4, -0.2) is 64.2 Å². The van der Waals surface area contributed by atoms with Crippen molar-refractivity contribution < 1.29 is 38.1 Å². The van der Waals surface area contributed by atoms with Gasteiger partial charge in [-0.1, -0.05) is 12.1 Å². The van der Waals surface area contributed by atoms with Crippen LogP contribution in [0.2, 0.25) is 0 Å². The number of fused-ring (bicyclic) bond motifs is 1.